The molecule has 0 saturated carbocycles. The number of fused-ring (bicyclic) bond motifs is 2. The molecule has 0 aromatic heterocycles. The number of phenolic OH excluding ortho intramolecular Hbond substituents is 1. The highest BCUT2D eigenvalue weighted by Gasteiger charge is 2.22. The first-order valence-electron chi connectivity index (χ1n) is 11.8. The summed E-state index contributed by atoms with van der Waals surface area (Å²) in [5.41, 5.74) is 7.39. The predicted molar refractivity (Wildman–Crippen MR) is 153 cm³/mol. The van der Waals surface area contributed by atoms with Gasteiger partial charge in [0, 0.05) is 21.8 Å². The molecule has 5 rings (SSSR count). The third kappa shape index (κ3) is 5.62. The minimum Gasteiger partial charge on any atom is -0.505 e. The molecule has 5 aromatic rings. The lowest BCUT2D eigenvalue weighted by Crippen LogP contribution is -1.99. The van der Waals surface area contributed by atoms with Crippen LogP contribution >= 0.6 is 0 Å². The van der Waals surface area contributed by atoms with Gasteiger partial charge < -0.3 is 10.8 Å². The van der Waals surface area contributed by atoms with Gasteiger partial charge >= 0.3 is 0 Å². The number of anilines is 1. The van der Waals surface area contributed by atoms with Crippen LogP contribution in [0.5, 0.6) is 5.75 Å². The third-order valence-corrected chi connectivity index (χ3v) is 7.95. The number of azo groups is 2. The summed E-state index contributed by atoms with van der Waals surface area (Å²) in [5.74, 6) is -0.578. The van der Waals surface area contributed by atoms with Crippen molar-refractivity contribution in [3.63, 3.8) is 0 Å². The van der Waals surface area contributed by atoms with Crippen LogP contribution in [-0.4, -0.2) is 31.0 Å². The highest BCUT2D eigenvalue weighted by Crippen LogP contribution is 2.43. The normalized spacial score (nSPS) is 12.7. The Balaban J connectivity index is 1.70. The standard InChI is InChI=1S/C27H21N5O7S2/c1-15-4-2-3-5-22(15)29-30-23-10-11-24(21-14-18(40(34,35)36)7-9-20(21)23)31-32-26-25(41(37,38)39)13-16-12-17(28)6-8-19(16)27(26)33/h2-14,33H,28H2,1H3,(H,34,35,36)(H,37,38,39)/b30-29-,32-31?. The molecule has 0 atom stereocenters. The smallest absolute Gasteiger partial charge is 0.296 e. The summed E-state index contributed by atoms with van der Waals surface area (Å²) in [4.78, 5) is -1.15. The minimum atomic E-state index is -4.87. The lowest BCUT2D eigenvalue weighted by atomic mass is 10.1. The number of nitrogens with zero attached hydrogens (tertiary/aromatic N) is 4. The number of benzene rings is 5. The second-order valence-electron chi connectivity index (χ2n) is 9.00. The fourth-order valence-corrected chi connectivity index (χ4v) is 5.35. The summed E-state index contributed by atoms with van der Waals surface area (Å²) in [6.45, 7) is 1.87. The summed E-state index contributed by atoms with van der Waals surface area (Å²) in [5, 5.41) is 28.4. The molecule has 0 radical (unpaired) electrons. The second-order valence-corrected chi connectivity index (χ2v) is 11.8. The van der Waals surface area contributed by atoms with E-state index in [4.69, 9.17) is 5.73 Å². The van der Waals surface area contributed by atoms with Crippen LogP contribution in [0.2, 0.25) is 0 Å². The number of hydrogen-bond donors (Lipinski definition) is 4. The van der Waals surface area contributed by atoms with Crippen molar-refractivity contribution in [3.05, 3.63) is 84.4 Å². The number of phenols is 1. The van der Waals surface area contributed by atoms with Crippen LogP contribution in [0.1, 0.15) is 5.56 Å². The van der Waals surface area contributed by atoms with Crippen LogP contribution in [0.4, 0.5) is 28.4 Å². The molecule has 5 N–H and O–H groups in total. The number of nitrogens with two attached hydrogens (primary N) is 1. The zero-order valence-electron chi connectivity index (χ0n) is 21.2. The van der Waals surface area contributed by atoms with Crippen molar-refractivity contribution in [2.75, 3.05) is 5.73 Å². The van der Waals surface area contributed by atoms with E-state index in [9.17, 15) is 31.0 Å². The van der Waals surface area contributed by atoms with E-state index in [2.05, 4.69) is 20.5 Å². The fourth-order valence-electron chi connectivity index (χ4n) is 4.18. The molecule has 0 amide bonds. The number of hydrogen-bond acceptors (Lipinski definition) is 10. The van der Waals surface area contributed by atoms with E-state index in [-0.39, 0.29) is 21.8 Å². The molecule has 5 aromatic carbocycles. The van der Waals surface area contributed by atoms with Gasteiger partial charge in [0.2, 0.25) is 0 Å². The van der Waals surface area contributed by atoms with E-state index in [0.29, 0.717) is 22.4 Å². The summed E-state index contributed by atoms with van der Waals surface area (Å²) in [6, 6.07) is 19.5. The minimum absolute atomic E-state index is 0.0402. The maximum absolute atomic E-state index is 12.2. The molecule has 0 spiro atoms. The van der Waals surface area contributed by atoms with Gasteiger partial charge in [0.15, 0.2) is 5.75 Å². The van der Waals surface area contributed by atoms with E-state index in [1.165, 1.54) is 42.5 Å². The van der Waals surface area contributed by atoms with Crippen LogP contribution in [-0.2, 0) is 20.2 Å². The molecule has 0 aliphatic heterocycles. The Bertz CT molecular complexity index is 2150. The Kier molecular flexibility index (Phi) is 7.00. The number of aromatic hydroxyl groups is 1. The zero-order chi connectivity index (χ0) is 29.5. The zero-order valence-corrected chi connectivity index (χ0v) is 22.8. The Hall–Kier alpha value is -4.76. The molecule has 0 fully saturated rings. The first-order valence-corrected chi connectivity index (χ1v) is 14.7. The van der Waals surface area contributed by atoms with Gasteiger partial charge in [0.1, 0.15) is 10.6 Å². The molecular formula is C27H21N5O7S2. The first-order chi connectivity index (χ1) is 19.3. The molecule has 41 heavy (non-hydrogen) atoms. The molecule has 0 saturated heterocycles. The largest absolute Gasteiger partial charge is 0.505 e. The van der Waals surface area contributed by atoms with E-state index in [1.54, 1.807) is 12.1 Å². The van der Waals surface area contributed by atoms with Crippen molar-refractivity contribution in [2.45, 2.75) is 16.7 Å². The average molecular weight is 592 g/mol. The van der Waals surface area contributed by atoms with Gasteiger partial charge in [-0.2, -0.15) is 21.9 Å². The predicted octanol–water partition coefficient (Wildman–Crippen LogP) is 6.91. The van der Waals surface area contributed by atoms with Gasteiger partial charge in [-0.25, -0.2) is 0 Å². The molecule has 0 aliphatic carbocycles. The summed E-state index contributed by atoms with van der Waals surface area (Å²) in [7, 11) is -9.47. The van der Waals surface area contributed by atoms with Crippen LogP contribution in [0.25, 0.3) is 21.5 Å². The maximum atomic E-state index is 12.2. The Morgan fingerprint density at radius 2 is 1.29 bits per heavy atom. The second kappa shape index (κ2) is 10.3. The van der Waals surface area contributed by atoms with Gasteiger partial charge in [-0.15, -0.1) is 15.3 Å². The molecular weight excluding hydrogens is 570 g/mol. The van der Waals surface area contributed by atoms with E-state index < -0.39 is 41.5 Å². The van der Waals surface area contributed by atoms with Crippen molar-refractivity contribution >= 4 is 70.2 Å². The molecule has 0 bridgehead atoms. The number of nitrogen functional groups attached to an aromatic ring is 1. The first kappa shape index (κ1) is 27.8. The highest BCUT2D eigenvalue weighted by molar-refractivity contribution is 7.86. The van der Waals surface area contributed by atoms with Crippen LogP contribution in [0, 0.1) is 6.92 Å². The van der Waals surface area contributed by atoms with Crippen molar-refractivity contribution < 1.29 is 31.0 Å². The van der Waals surface area contributed by atoms with Crippen LogP contribution in [0.3, 0.4) is 0 Å². The van der Waals surface area contributed by atoms with Gasteiger partial charge in [-0.05, 0) is 72.5 Å². The molecule has 12 nitrogen and oxygen atoms in total. The van der Waals surface area contributed by atoms with Gasteiger partial charge in [0.25, 0.3) is 20.2 Å². The quantitative estimate of drug-likeness (QED) is 0.0924. The van der Waals surface area contributed by atoms with Crippen molar-refractivity contribution in [2.24, 2.45) is 20.5 Å². The maximum Gasteiger partial charge on any atom is 0.296 e. The van der Waals surface area contributed by atoms with Crippen LogP contribution in [0.15, 0.2) is 109 Å². The van der Waals surface area contributed by atoms with E-state index >= 15 is 0 Å². The fraction of sp³-hybridized carbons (Fsp3) is 0.0370. The topological polar surface area (TPSA) is 204 Å². The van der Waals surface area contributed by atoms with Gasteiger partial charge in [0.05, 0.1) is 22.0 Å². The van der Waals surface area contributed by atoms with Gasteiger partial charge in [-0.3, -0.25) is 9.11 Å². The van der Waals surface area contributed by atoms with E-state index in [1.807, 2.05) is 19.1 Å². The molecule has 0 unspecified atom stereocenters. The monoisotopic (exact) mass is 591 g/mol. The van der Waals surface area contributed by atoms with Crippen molar-refractivity contribution in [3.8, 4) is 5.75 Å². The van der Waals surface area contributed by atoms with E-state index in [0.717, 1.165) is 17.7 Å². The Morgan fingerprint density at radius 3 is 1.98 bits per heavy atom. The third-order valence-electron chi connectivity index (χ3n) is 6.23. The van der Waals surface area contributed by atoms with Gasteiger partial charge in [-0.1, -0.05) is 24.3 Å². The summed E-state index contributed by atoms with van der Waals surface area (Å²) in [6.07, 6.45) is 0. The summed E-state index contributed by atoms with van der Waals surface area (Å²) < 4.78 is 67.5. The molecule has 14 heteroatoms. The highest BCUT2D eigenvalue weighted by atomic mass is 32.2. The van der Waals surface area contributed by atoms with Crippen molar-refractivity contribution in [1.82, 2.24) is 0 Å². The number of rotatable bonds is 6. The SMILES string of the molecule is Cc1ccccc1/N=N\c1ccc(N=Nc2c(S(=O)(=O)O)cc3cc(N)ccc3c2O)c2cc(S(=O)(=O)O)ccc12. The summed E-state index contributed by atoms with van der Waals surface area (Å²) >= 11 is 0. The lowest BCUT2D eigenvalue weighted by molar-refractivity contribution is 0.472. The Labute approximate surface area is 234 Å². The Morgan fingerprint density at radius 1 is 0.659 bits per heavy atom. The molecule has 0 aliphatic rings. The lowest BCUT2D eigenvalue weighted by Gasteiger charge is -2.10. The average Bonchev–Trinajstić information content (AvgIpc) is 2.91. The van der Waals surface area contributed by atoms with Crippen LogP contribution < -0.4 is 5.73 Å². The molecule has 0 heterocycles. The van der Waals surface area contributed by atoms with Crippen molar-refractivity contribution in [1.29, 1.82) is 0 Å². The molecule has 208 valence electrons. The number of aryl methyl sites for hydroxylation is 1.